The SMILES string of the molecule is CNc1ccc(NC)c(-c2cccc(-c3nc(-c4cccc(-c5cc(NC)ccc5NC)c4)nc(-c4cccc(-c5cc(NC)ccc5NC)c4)n3)c2)c1. The van der Waals surface area contributed by atoms with Crippen LogP contribution < -0.4 is 31.9 Å². The van der Waals surface area contributed by atoms with E-state index in [4.69, 9.17) is 15.0 Å². The molecule has 1 aromatic heterocycles. The second-order valence-electron chi connectivity index (χ2n) is 12.8. The topological polar surface area (TPSA) is 111 Å². The molecule has 0 bridgehead atoms. The number of anilines is 6. The Balaban J connectivity index is 1.41. The summed E-state index contributed by atoms with van der Waals surface area (Å²) in [5.41, 5.74) is 15.2. The van der Waals surface area contributed by atoms with E-state index >= 15 is 0 Å². The molecule has 270 valence electrons. The molecule has 7 rings (SSSR count). The summed E-state index contributed by atoms with van der Waals surface area (Å²) < 4.78 is 0. The fourth-order valence-electron chi connectivity index (χ4n) is 6.71. The molecule has 9 nitrogen and oxygen atoms in total. The number of rotatable bonds is 12. The summed E-state index contributed by atoms with van der Waals surface area (Å²) in [6.45, 7) is 0. The minimum atomic E-state index is 0.588. The molecule has 0 saturated heterocycles. The molecular weight excluding hydrogens is 667 g/mol. The molecule has 0 atom stereocenters. The first kappa shape index (κ1) is 35.5. The van der Waals surface area contributed by atoms with Gasteiger partial charge >= 0.3 is 0 Å². The van der Waals surface area contributed by atoms with E-state index < -0.39 is 0 Å². The Kier molecular flexibility index (Phi) is 10.4. The Bertz CT molecular complexity index is 2160. The molecule has 1 heterocycles. The van der Waals surface area contributed by atoms with Crippen molar-refractivity contribution in [2.24, 2.45) is 0 Å². The Morgan fingerprint density at radius 1 is 0.296 bits per heavy atom. The van der Waals surface area contributed by atoms with Gasteiger partial charge in [0.05, 0.1) is 0 Å². The average Bonchev–Trinajstić information content (AvgIpc) is 3.25. The summed E-state index contributed by atoms with van der Waals surface area (Å²) in [6.07, 6.45) is 0. The van der Waals surface area contributed by atoms with E-state index in [0.29, 0.717) is 17.5 Å². The Morgan fingerprint density at radius 2 is 0.574 bits per heavy atom. The van der Waals surface area contributed by atoms with E-state index in [1.807, 2.05) is 42.3 Å². The van der Waals surface area contributed by atoms with E-state index in [-0.39, 0.29) is 0 Å². The van der Waals surface area contributed by atoms with Gasteiger partial charge in [-0.1, -0.05) is 54.6 Å². The number of nitrogens with one attached hydrogen (secondary N) is 6. The molecule has 0 saturated carbocycles. The van der Waals surface area contributed by atoms with Crippen molar-refractivity contribution in [1.82, 2.24) is 15.0 Å². The van der Waals surface area contributed by atoms with Crippen LogP contribution in [0, 0.1) is 0 Å². The summed E-state index contributed by atoms with van der Waals surface area (Å²) in [5.74, 6) is 1.76. The average molecular weight is 712 g/mol. The summed E-state index contributed by atoms with van der Waals surface area (Å²) in [6, 6.07) is 44.1. The van der Waals surface area contributed by atoms with Crippen molar-refractivity contribution in [3.05, 3.63) is 127 Å². The number of benzene rings is 6. The fraction of sp³-hybridized carbons (Fsp3) is 0.133. The van der Waals surface area contributed by atoms with Crippen LogP contribution in [-0.4, -0.2) is 57.2 Å². The molecule has 6 N–H and O–H groups in total. The Hall–Kier alpha value is -6.87. The molecule has 7 aromatic rings. The zero-order chi connectivity index (χ0) is 37.6. The lowest BCUT2D eigenvalue weighted by Gasteiger charge is -2.15. The third-order valence-electron chi connectivity index (χ3n) is 9.66. The number of aromatic nitrogens is 3. The Morgan fingerprint density at radius 3 is 0.833 bits per heavy atom. The van der Waals surface area contributed by atoms with Crippen molar-refractivity contribution >= 4 is 34.1 Å². The van der Waals surface area contributed by atoms with Gasteiger partial charge in [0.2, 0.25) is 0 Å². The summed E-state index contributed by atoms with van der Waals surface area (Å²) in [7, 11) is 11.6. The molecule has 0 spiro atoms. The summed E-state index contributed by atoms with van der Waals surface area (Å²) in [4.78, 5) is 15.5. The minimum Gasteiger partial charge on any atom is -0.388 e. The molecular formula is C45H45N9. The first-order valence-corrected chi connectivity index (χ1v) is 18.0. The van der Waals surface area contributed by atoms with Crippen LogP contribution >= 0.6 is 0 Å². The molecule has 0 amide bonds. The van der Waals surface area contributed by atoms with Crippen LogP contribution in [0.3, 0.4) is 0 Å². The van der Waals surface area contributed by atoms with Gasteiger partial charge in [0.1, 0.15) is 0 Å². The lowest BCUT2D eigenvalue weighted by Crippen LogP contribution is -2.01. The van der Waals surface area contributed by atoms with Crippen LogP contribution in [0.15, 0.2) is 127 Å². The monoisotopic (exact) mass is 711 g/mol. The van der Waals surface area contributed by atoms with Gasteiger partial charge in [0.25, 0.3) is 0 Å². The van der Waals surface area contributed by atoms with E-state index in [0.717, 1.165) is 84.2 Å². The first-order valence-electron chi connectivity index (χ1n) is 18.0. The molecule has 0 aliphatic rings. The van der Waals surface area contributed by atoms with Crippen LogP contribution in [0.25, 0.3) is 67.5 Å². The van der Waals surface area contributed by atoms with E-state index in [9.17, 15) is 0 Å². The Labute approximate surface area is 317 Å². The number of nitrogens with zero attached hydrogens (tertiary/aromatic N) is 3. The zero-order valence-corrected chi connectivity index (χ0v) is 31.5. The maximum Gasteiger partial charge on any atom is 0.164 e. The zero-order valence-electron chi connectivity index (χ0n) is 31.5. The highest BCUT2D eigenvalue weighted by molar-refractivity contribution is 5.86. The predicted octanol–water partition coefficient (Wildman–Crippen LogP) is 10.1. The molecule has 0 fully saturated rings. The standard InChI is InChI=1S/C45H45N9/c1-46-34-16-19-40(49-4)37(25-34)28-10-7-13-31(22-28)43-52-44(32-14-8-11-29(23-32)38-26-35(47-2)17-20-41(38)50-5)54-45(53-43)33-15-9-12-30(24-33)39-27-36(48-3)18-21-42(39)51-6/h7-27,46-51H,1-6H3. The minimum absolute atomic E-state index is 0.588. The van der Waals surface area contributed by atoms with Gasteiger partial charge < -0.3 is 31.9 Å². The van der Waals surface area contributed by atoms with Crippen molar-refractivity contribution in [2.75, 3.05) is 74.2 Å². The molecule has 0 aliphatic heterocycles. The third kappa shape index (κ3) is 7.25. The summed E-state index contributed by atoms with van der Waals surface area (Å²) in [5, 5.41) is 19.9. The highest BCUT2D eigenvalue weighted by atomic mass is 15.0. The van der Waals surface area contributed by atoms with Crippen LogP contribution in [0.4, 0.5) is 34.1 Å². The number of hydrogen-bond donors (Lipinski definition) is 6. The van der Waals surface area contributed by atoms with E-state index in [1.54, 1.807) is 0 Å². The molecule has 0 radical (unpaired) electrons. The fourth-order valence-corrected chi connectivity index (χ4v) is 6.71. The largest absolute Gasteiger partial charge is 0.388 e. The van der Waals surface area contributed by atoms with Crippen molar-refractivity contribution in [1.29, 1.82) is 0 Å². The highest BCUT2D eigenvalue weighted by Crippen LogP contribution is 2.37. The van der Waals surface area contributed by atoms with Gasteiger partial charge in [-0.3, -0.25) is 0 Å². The lowest BCUT2D eigenvalue weighted by atomic mass is 9.99. The van der Waals surface area contributed by atoms with E-state index in [2.05, 4.69) is 159 Å². The van der Waals surface area contributed by atoms with Crippen LogP contribution in [-0.2, 0) is 0 Å². The molecule has 9 heteroatoms. The predicted molar refractivity (Wildman–Crippen MR) is 230 cm³/mol. The van der Waals surface area contributed by atoms with Crippen molar-refractivity contribution in [2.45, 2.75) is 0 Å². The van der Waals surface area contributed by atoms with Gasteiger partial charge in [0, 0.05) is 110 Å². The van der Waals surface area contributed by atoms with Gasteiger partial charge in [-0.25, -0.2) is 15.0 Å². The van der Waals surface area contributed by atoms with Gasteiger partial charge in [-0.15, -0.1) is 0 Å². The maximum absolute atomic E-state index is 5.16. The quantitative estimate of drug-likeness (QED) is 0.0738. The van der Waals surface area contributed by atoms with Gasteiger partial charge in [0.15, 0.2) is 17.5 Å². The molecule has 54 heavy (non-hydrogen) atoms. The number of hydrogen-bond acceptors (Lipinski definition) is 9. The maximum atomic E-state index is 5.16. The van der Waals surface area contributed by atoms with Crippen molar-refractivity contribution in [3.8, 4) is 67.5 Å². The molecule has 6 aromatic carbocycles. The smallest absolute Gasteiger partial charge is 0.164 e. The molecule has 0 aliphatic carbocycles. The lowest BCUT2D eigenvalue weighted by molar-refractivity contribution is 1.07. The second-order valence-corrected chi connectivity index (χ2v) is 12.8. The normalized spacial score (nSPS) is 10.8. The van der Waals surface area contributed by atoms with Gasteiger partial charge in [-0.2, -0.15) is 0 Å². The highest BCUT2D eigenvalue weighted by Gasteiger charge is 2.17. The van der Waals surface area contributed by atoms with Gasteiger partial charge in [-0.05, 0) is 89.5 Å². The van der Waals surface area contributed by atoms with Crippen LogP contribution in [0.1, 0.15) is 0 Å². The van der Waals surface area contributed by atoms with Crippen LogP contribution in [0.2, 0.25) is 0 Å². The van der Waals surface area contributed by atoms with Crippen molar-refractivity contribution in [3.63, 3.8) is 0 Å². The van der Waals surface area contributed by atoms with Crippen LogP contribution in [0.5, 0.6) is 0 Å². The second kappa shape index (κ2) is 15.8. The van der Waals surface area contributed by atoms with E-state index in [1.165, 1.54) is 0 Å². The third-order valence-corrected chi connectivity index (χ3v) is 9.66. The molecule has 0 unspecified atom stereocenters. The van der Waals surface area contributed by atoms with Crippen molar-refractivity contribution < 1.29 is 0 Å². The first-order chi connectivity index (χ1) is 26.4. The summed E-state index contributed by atoms with van der Waals surface area (Å²) >= 11 is 0.